The molecule has 0 aliphatic carbocycles. The molecule has 0 spiro atoms. The summed E-state index contributed by atoms with van der Waals surface area (Å²) in [5.41, 5.74) is 2.53. The number of pyridine rings is 1. The third-order valence-corrected chi connectivity index (χ3v) is 6.12. The van der Waals surface area contributed by atoms with Gasteiger partial charge in [-0.3, -0.25) is 9.78 Å². The number of benzene rings is 1. The fourth-order valence-electron chi connectivity index (χ4n) is 4.54. The van der Waals surface area contributed by atoms with Gasteiger partial charge < -0.3 is 10.0 Å². The van der Waals surface area contributed by atoms with Gasteiger partial charge in [-0.2, -0.15) is 0 Å². The van der Waals surface area contributed by atoms with Crippen LogP contribution in [-0.4, -0.2) is 56.9 Å². The zero-order chi connectivity index (χ0) is 22.1. The van der Waals surface area contributed by atoms with Gasteiger partial charge in [0, 0.05) is 30.9 Å². The first-order chi connectivity index (χ1) is 14.8. The summed E-state index contributed by atoms with van der Waals surface area (Å²) in [5.74, 6) is -2.72. The molecule has 1 aromatic carbocycles. The number of carbonyl (C=O) groups excluding carboxylic acids is 2. The third-order valence-electron chi connectivity index (χ3n) is 6.12. The van der Waals surface area contributed by atoms with Crippen LogP contribution in [0.2, 0.25) is 0 Å². The lowest BCUT2D eigenvalue weighted by Crippen LogP contribution is -2.69. The monoisotopic (exact) mass is 425 g/mol. The Morgan fingerprint density at radius 2 is 1.97 bits per heavy atom. The number of nitrogens with zero attached hydrogens (tertiary/aromatic N) is 3. The average Bonchev–Trinajstić information content (AvgIpc) is 2.75. The van der Waals surface area contributed by atoms with Gasteiger partial charge in [-0.1, -0.05) is 12.1 Å². The van der Waals surface area contributed by atoms with Crippen molar-refractivity contribution in [2.24, 2.45) is 5.92 Å². The number of hydrogen-bond acceptors (Lipinski definition) is 4. The molecule has 31 heavy (non-hydrogen) atoms. The average molecular weight is 425 g/mol. The quantitative estimate of drug-likeness (QED) is 0.761. The summed E-state index contributed by atoms with van der Waals surface area (Å²) in [6.07, 6.45) is 3.44. The van der Waals surface area contributed by atoms with E-state index in [0.717, 1.165) is 34.6 Å². The topological polar surface area (TPSA) is 90.8 Å². The van der Waals surface area contributed by atoms with E-state index in [0.29, 0.717) is 13.1 Å². The molecule has 0 radical (unpaired) electrons. The molecule has 2 fully saturated rings. The molecule has 8 heteroatoms. The SMILES string of the molecule is Cc1cc(C[C@H]2C(=O)N(C(=O)N3CCCC(c4ccc(F)cc4)C3)[C@@H]2C(=O)O)ccn1. The minimum atomic E-state index is -1.18. The van der Waals surface area contributed by atoms with Gasteiger partial charge in [0.1, 0.15) is 5.82 Å². The van der Waals surface area contributed by atoms with Gasteiger partial charge in [-0.05, 0) is 61.6 Å². The summed E-state index contributed by atoms with van der Waals surface area (Å²) >= 11 is 0. The highest BCUT2D eigenvalue weighted by Gasteiger charge is 2.55. The predicted molar refractivity (Wildman–Crippen MR) is 110 cm³/mol. The molecule has 1 unspecified atom stereocenters. The molecule has 3 heterocycles. The summed E-state index contributed by atoms with van der Waals surface area (Å²) in [6, 6.07) is 8.01. The standard InChI is InChI=1S/C23H24FN3O4/c1-14-11-15(8-9-25-14)12-19-20(22(29)30)27(21(19)28)23(31)26-10-2-3-17(13-26)16-4-6-18(24)7-5-16/h4-9,11,17,19-20H,2-3,10,12-13H2,1H3,(H,29,30)/t17?,19-,20+/m1/s1. The van der Waals surface area contributed by atoms with E-state index >= 15 is 0 Å². The molecule has 162 valence electrons. The summed E-state index contributed by atoms with van der Waals surface area (Å²) in [6.45, 7) is 2.65. The number of carbonyl (C=O) groups is 3. The van der Waals surface area contributed by atoms with E-state index in [1.807, 2.05) is 13.0 Å². The van der Waals surface area contributed by atoms with Crippen LogP contribution in [0.3, 0.4) is 0 Å². The second-order valence-electron chi connectivity index (χ2n) is 8.23. The molecule has 1 aromatic heterocycles. The summed E-state index contributed by atoms with van der Waals surface area (Å²) in [5, 5.41) is 9.72. The lowest BCUT2D eigenvalue weighted by molar-refractivity contribution is -0.166. The van der Waals surface area contributed by atoms with E-state index in [2.05, 4.69) is 4.98 Å². The fraction of sp³-hybridized carbons (Fsp3) is 0.391. The van der Waals surface area contributed by atoms with Gasteiger partial charge in [0.25, 0.3) is 0 Å². The maximum absolute atomic E-state index is 13.2. The molecule has 4 rings (SSSR count). The number of carboxylic acids is 1. The van der Waals surface area contributed by atoms with Crippen molar-refractivity contribution in [3.05, 3.63) is 65.2 Å². The molecule has 2 aliphatic rings. The van der Waals surface area contributed by atoms with E-state index < -0.39 is 29.9 Å². The van der Waals surface area contributed by atoms with Crippen LogP contribution in [0.15, 0.2) is 42.6 Å². The van der Waals surface area contributed by atoms with Crippen molar-refractivity contribution < 1.29 is 23.9 Å². The van der Waals surface area contributed by atoms with E-state index in [4.69, 9.17) is 0 Å². The number of piperidine rings is 1. The number of imide groups is 1. The molecule has 7 nitrogen and oxygen atoms in total. The van der Waals surface area contributed by atoms with Crippen molar-refractivity contribution in [2.45, 2.75) is 38.1 Å². The van der Waals surface area contributed by atoms with Crippen LogP contribution < -0.4 is 0 Å². The predicted octanol–water partition coefficient (Wildman–Crippen LogP) is 2.98. The molecule has 2 saturated heterocycles. The molecule has 3 amide bonds. The van der Waals surface area contributed by atoms with Crippen molar-refractivity contribution >= 4 is 17.9 Å². The minimum Gasteiger partial charge on any atom is -0.480 e. The first-order valence-corrected chi connectivity index (χ1v) is 10.4. The first kappa shape index (κ1) is 21.0. The van der Waals surface area contributed by atoms with Crippen molar-refractivity contribution in [3.63, 3.8) is 0 Å². The fourth-order valence-corrected chi connectivity index (χ4v) is 4.54. The number of β-lactam (4-membered cyclic amide) rings is 1. The van der Waals surface area contributed by atoms with Gasteiger partial charge in [0.15, 0.2) is 6.04 Å². The molecule has 0 saturated carbocycles. The highest BCUT2D eigenvalue weighted by atomic mass is 19.1. The summed E-state index contributed by atoms with van der Waals surface area (Å²) in [4.78, 5) is 44.3. The normalized spacial score (nSPS) is 23.4. The number of urea groups is 1. The van der Waals surface area contributed by atoms with Gasteiger partial charge in [0.2, 0.25) is 5.91 Å². The smallest absolute Gasteiger partial charge is 0.327 e. The highest BCUT2D eigenvalue weighted by molar-refractivity contribution is 6.07. The second-order valence-corrected chi connectivity index (χ2v) is 8.23. The Morgan fingerprint density at radius 3 is 2.65 bits per heavy atom. The zero-order valence-electron chi connectivity index (χ0n) is 17.2. The Kier molecular flexibility index (Phi) is 5.71. The molecule has 1 N–H and O–H groups in total. The largest absolute Gasteiger partial charge is 0.480 e. The third kappa shape index (κ3) is 4.15. The lowest BCUT2D eigenvalue weighted by atomic mass is 9.82. The van der Waals surface area contributed by atoms with E-state index in [9.17, 15) is 23.9 Å². The maximum Gasteiger partial charge on any atom is 0.327 e. The van der Waals surface area contributed by atoms with Gasteiger partial charge in [-0.15, -0.1) is 0 Å². The number of aromatic nitrogens is 1. The van der Waals surface area contributed by atoms with Crippen LogP contribution in [0, 0.1) is 18.7 Å². The number of amides is 3. The van der Waals surface area contributed by atoms with Crippen molar-refractivity contribution in [1.82, 2.24) is 14.8 Å². The summed E-state index contributed by atoms with van der Waals surface area (Å²) in [7, 11) is 0. The van der Waals surface area contributed by atoms with Gasteiger partial charge in [0.05, 0.1) is 5.92 Å². The number of aliphatic carboxylic acids is 1. The number of halogens is 1. The zero-order valence-corrected chi connectivity index (χ0v) is 17.2. The van der Waals surface area contributed by atoms with Crippen LogP contribution in [-0.2, 0) is 16.0 Å². The molecular formula is C23H24FN3O4. The molecular weight excluding hydrogens is 401 g/mol. The van der Waals surface area contributed by atoms with E-state index in [1.165, 1.54) is 17.0 Å². The van der Waals surface area contributed by atoms with Crippen molar-refractivity contribution in [2.75, 3.05) is 13.1 Å². The maximum atomic E-state index is 13.2. The lowest BCUT2D eigenvalue weighted by Gasteiger charge is -2.46. The Labute approximate surface area is 179 Å². The number of likely N-dealkylation sites (tertiary alicyclic amines) is 2. The number of carboxylic acid groups (broad SMARTS) is 1. The molecule has 2 aromatic rings. The number of hydrogen-bond donors (Lipinski definition) is 1. The van der Waals surface area contributed by atoms with Crippen LogP contribution >= 0.6 is 0 Å². The number of rotatable bonds is 4. The van der Waals surface area contributed by atoms with Crippen LogP contribution in [0.1, 0.15) is 35.6 Å². The summed E-state index contributed by atoms with van der Waals surface area (Å²) < 4.78 is 13.2. The van der Waals surface area contributed by atoms with E-state index in [1.54, 1.807) is 24.4 Å². The Morgan fingerprint density at radius 1 is 1.23 bits per heavy atom. The molecule has 0 bridgehead atoms. The van der Waals surface area contributed by atoms with Crippen molar-refractivity contribution in [3.8, 4) is 0 Å². The Bertz CT molecular complexity index is 1010. The van der Waals surface area contributed by atoms with Crippen LogP contribution in [0.5, 0.6) is 0 Å². The first-order valence-electron chi connectivity index (χ1n) is 10.4. The number of aryl methyl sites for hydroxylation is 1. The molecule has 2 aliphatic heterocycles. The molecule has 3 atom stereocenters. The van der Waals surface area contributed by atoms with Crippen molar-refractivity contribution in [1.29, 1.82) is 0 Å². The van der Waals surface area contributed by atoms with Gasteiger partial charge >= 0.3 is 12.0 Å². The Hall–Kier alpha value is -3.29. The highest BCUT2D eigenvalue weighted by Crippen LogP contribution is 2.34. The van der Waals surface area contributed by atoms with Gasteiger partial charge in [-0.25, -0.2) is 18.9 Å². The Balaban J connectivity index is 1.47. The van der Waals surface area contributed by atoms with Crippen LogP contribution in [0.25, 0.3) is 0 Å². The van der Waals surface area contributed by atoms with E-state index in [-0.39, 0.29) is 18.2 Å². The second kappa shape index (κ2) is 8.45. The van der Waals surface area contributed by atoms with Crippen LogP contribution in [0.4, 0.5) is 9.18 Å². The minimum absolute atomic E-state index is 0.0218.